The van der Waals surface area contributed by atoms with Gasteiger partial charge in [-0.1, -0.05) is 60.2 Å². The minimum atomic E-state index is -1.10. The Morgan fingerprint density at radius 1 is 0.960 bits per heavy atom. The zero-order valence-corrected chi connectivity index (χ0v) is 14.1. The van der Waals surface area contributed by atoms with Crippen LogP contribution in [0.2, 0.25) is 0 Å². The van der Waals surface area contributed by atoms with Crippen LogP contribution in [-0.2, 0) is 16.0 Å². The molecule has 0 radical (unpaired) electrons. The molecule has 1 atom stereocenters. The molecule has 1 amide bonds. The minimum Gasteiger partial charge on any atom is -0.480 e. The van der Waals surface area contributed by atoms with Crippen molar-refractivity contribution in [2.45, 2.75) is 32.2 Å². The molecule has 130 valence electrons. The van der Waals surface area contributed by atoms with Gasteiger partial charge < -0.3 is 10.4 Å². The molecule has 0 aliphatic carbocycles. The third-order valence-electron chi connectivity index (χ3n) is 3.87. The summed E-state index contributed by atoms with van der Waals surface area (Å²) < 4.78 is 0. The molecule has 5 heteroatoms. The van der Waals surface area contributed by atoms with E-state index < -0.39 is 17.9 Å². The van der Waals surface area contributed by atoms with Gasteiger partial charge >= 0.3 is 5.97 Å². The highest BCUT2D eigenvalue weighted by molar-refractivity contribution is 5.98. The average Bonchev–Trinajstić information content (AvgIpc) is 2.60. The van der Waals surface area contributed by atoms with Crippen LogP contribution in [0.3, 0.4) is 0 Å². The second-order valence-electron chi connectivity index (χ2n) is 5.94. The van der Waals surface area contributed by atoms with Crippen molar-refractivity contribution in [3.63, 3.8) is 0 Å². The quantitative estimate of drug-likeness (QED) is 0.725. The molecule has 0 fully saturated rings. The number of aryl methyl sites for hydroxylation is 1. The van der Waals surface area contributed by atoms with E-state index in [9.17, 15) is 19.5 Å². The number of benzene rings is 2. The van der Waals surface area contributed by atoms with E-state index in [0.29, 0.717) is 5.56 Å². The van der Waals surface area contributed by atoms with Gasteiger partial charge in [0.2, 0.25) is 5.91 Å². The first-order valence-electron chi connectivity index (χ1n) is 8.11. The van der Waals surface area contributed by atoms with Gasteiger partial charge in [0.05, 0.1) is 0 Å². The molecule has 2 aromatic carbocycles. The normalized spacial score (nSPS) is 11.6. The minimum absolute atomic E-state index is 0.0364. The van der Waals surface area contributed by atoms with Crippen LogP contribution in [0.5, 0.6) is 0 Å². The fourth-order valence-electron chi connectivity index (χ4n) is 2.43. The van der Waals surface area contributed by atoms with E-state index >= 15 is 0 Å². The van der Waals surface area contributed by atoms with Gasteiger partial charge in [0, 0.05) is 24.8 Å². The Balaban J connectivity index is 1.87. The van der Waals surface area contributed by atoms with Crippen LogP contribution in [0.1, 0.15) is 34.3 Å². The number of hydrogen-bond acceptors (Lipinski definition) is 3. The maximum Gasteiger partial charge on any atom is 0.326 e. The van der Waals surface area contributed by atoms with E-state index in [-0.39, 0.29) is 25.0 Å². The summed E-state index contributed by atoms with van der Waals surface area (Å²) in [7, 11) is 0. The fourth-order valence-corrected chi connectivity index (χ4v) is 2.43. The smallest absolute Gasteiger partial charge is 0.326 e. The van der Waals surface area contributed by atoms with Crippen molar-refractivity contribution < 1.29 is 19.5 Å². The summed E-state index contributed by atoms with van der Waals surface area (Å²) in [4.78, 5) is 35.4. The molecule has 5 nitrogen and oxygen atoms in total. The van der Waals surface area contributed by atoms with Crippen LogP contribution < -0.4 is 5.32 Å². The van der Waals surface area contributed by atoms with Crippen molar-refractivity contribution in [2.75, 3.05) is 0 Å². The maximum absolute atomic E-state index is 12.1. The van der Waals surface area contributed by atoms with Gasteiger partial charge in [0.1, 0.15) is 6.04 Å². The van der Waals surface area contributed by atoms with Crippen molar-refractivity contribution in [1.29, 1.82) is 0 Å². The fraction of sp³-hybridized carbons (Fsp3) is 0.250. The van der Waals surface area contributed by atoms with Gasteiger partial charge in [-0.15, -0.1) is 0 Å². The molecule has 0 unspecified atom stereocenters. The number of carboxylic acid groups (broad SMARTS) is 1. The van der Waals surface area contributed by atoms with Crippen molar-refractivity contribution >= 4 is 17.7 Å². The van der Waals surface area contributed by atoms with Gasteiger partial charge in [-0.3, -0.25) is 9.59 Å². The summed E-state index contributed by atoms with van der Waals surface area (Å²) in [6, 6.07) is 15.2. The van der Waals surface area contributed by atoms with E-state index in [2.05, 4.69) is 5.32 Å². The van der Waals surface area contributed by atoms with Gasteiger partial charge in [-0.2, -0.15) is 0 Å². The van der Waals surface area contributed by atoms with Crippen molar-refractivity contribution in [3.8, 4) is 0 Å². The summed E-state index contributed by atoms with van der Waals surface area (Å²) in [5.74, 6) is -1.67. The molecule has 25 heavy (non-hydrogen) atoms. The lowest BCUT2D eigenvalue weighted by molar-refractivity contribution is -0.141. The summed E-state index contributed by atoms with van der Waals surface area (Å²) in [6.07, 6.45) is 0.214. The van der Waals surface area contributed by atoms with Crippen LogP contribution in [0.25, 0.3) is 0 Å². The van der Waals surface area contributed by atoms with Crippen LogP contribution in [0.15, 0.2) is 54.6 Å². The number of aliphatic carboxylic acids is 1. The van der Waals surface area contributed by atoms with Crippen molar-refractivity contribution in [2.24, 2.45) is 0 Å². The number of ketones is 1. The lowest BCUT2D eigenvalue weighted by atomic mass is 10.0. The van der Waals surface area contributed by atoms with Gasteiger partial charge in [-0.25, -0.2) is 4.79 Å². The highest BCUT2D eigenvalue weighted by atomic mass is 16.4. The Morgan fingerprint density at radius 3 is 2.20 bits per heavy atom. The molecule has 2 aromatic rings. The van der Waals surface area contributed by atoms with Gasteiger partial charge in [0.15, 0.2) is 5.78 Å². The van der Waals surface area contributed by atoms with Crippen molar-refractivity contribution in [1.82, 2.24) is 5.32 Å². The first kappa shape index (κ1) is 18.4. The monoisotopic (exact) mass is 339 g/mol. The van der Waals surface area contributed by atoms with Gasteiger partial charge in [-0.05, 0) is 12.5 Å². The largest absolute Gasteiger partial charge is 0.480 e. The molecule has 2 rings (SSSR count). The maximum atomic E-state index is 12.1. The van der Waals surface area contributed by atoms with Crippen LogP contribution in [0, 0.1) is 6.92 Å². The molecule has 0 bridgehead atoms. The Hall–Kier alpha value is -2.95. The predicted molar refractivity (Wildman–Crippen MR) is 94.5 cm³/mol. The lowest BCUT2D eigenvalue weighted by Gasteiger charge is -2.14. The van der Waals surface area contributed by atoms with E-state index in [1.54, 1.807) is 12.1 Å². The molecule has 0 saturated carbocycles. The van der Waals surface area contributed by atoms with E-state index in [0.717, 1.165) is 11.1 Å². The Bertz CT molecular complexity index is 738. The van der Waals surface area contributed by atoms with Gasteiger partial charge in [0.25, 0.3) is 0 Å². The zero-order chi connectivity index (χ0) is 18.2. The summed E-state index contributed by atoms with van der Waals surface area (Å²) in [6.45, 7) is 1.93. The SMILES string of the molecule is Cc1ccc(C(=O)CCC(=O)N[C@H](Cc2ccccc2)C(=O)O)cc1. The molecule has 2 N–H and O–H groups in total. The van der Waals surface area contributed by atoms with E-state index in [4.69, 9.17) is 0 Å². The number of rotatable bonds is 8. The first-order valence-corrected chi connectivity index (χ1v) is 8.11. The first-order chi connectivity index (χ1) is 12.0. The summed E-state index contributed by atoms with van der Waals surface area (Å²) >= 11 is 0. The highest BCUT2D eigenvalue weighted by Gasteiger charge is 2.20. The molecular formula is C20H21NO4. The third-order valence-corrected chi connectivity index (χ3v) is 3.87. The molecule has 0 heterocycles. The van der Waals surface area contributed by atoms with Crippen LogP contribution >= 0.6 is 0 Å². The Labute approximate surface area is 146 Å². The number of amides is 1. The third kappa shape index (κ3) is 5.88. The second-order valence-corrected chi connectivity index (χ2v) is 5.94. The highest BCUT2D eigenvalue weighted by Crippen LogP contribution is 2.08. The average molecular weight is 339 g/mol. The van der Waals surface area contributed by atoms with Crippen molar-refractivity contribution in [3.05, 3.63) is 71.3 Å². The molecule has 0 aliphatic rings. The van der Waals surface area contributed by atoms with Crippen LogP contribution in [0.4, 0.5) is 0 Å². The Kier molecular flexibility index (Phi) is 6.46. The zero-order valence-electron chi connectivity index (χ0n) is 14.1. The molecule has 0 aliphatic heterocycles. The second kappa shape index (κ2) is 8.78. The van der Waals surface area contributed by atoms with E-state index in [1.165, 1.54) is 0 Å². The topological polar surface area (TPSA) is 83.5 Å². The standard InChI is InChI=1S/C20H21NO4/c1-14-7-9-16(10-8-14)18(22)11-12-19(23)21-17(20(24)25)13-15-5-3-2-4-6-15/h2-10,17H,11-13H2,1H3,(H,21,23)(H,24,25)/t17-/m1/s1. The summed E-state index contributed by atoms with van der Waals surface area (Å²) in [5, 5.41) is 11.8. The number of carboxylic acids is 1. The Morgan fingerprint density at radius 2 is 1.60 bits per heavy atom. The number of carbonyl (C=O) groups is 3. The molecule has 0 saturated heterocycles. The number of nitrogens with one attached hydrogen (secondary N) is 1. The predicted octanol–water partition coefficient (Wildman–Crippen LogP) is 2.77. The molecule has 0 aromatic heterocycles. The van der Waals surface area contributed by atoms with Crippen LogP contribution in [-0.4, -0.2) is 28.8 Å². The van der Waals surface area contributed by atoms with E-state index in [1.807, 2.05) is 49.4 Å². The number of hydrogen-bond donors (Lipinski definition) is 2. The lowest BCUT2D eigenvalue weighted by Crippen LogP contribution is -2.42. The molecule has 0 spiro atoms. The number of Topliss-reactive ketones (excluding diaryl/α,β-unsaturated/α-hetero) is 1. The summed E-state index contributed by atoms with van der Waals surface area (Å²) in [5.41, 5.74) is 2.43. The number of carbonyl (C=O) groups excluding carboxylic acids is 2. The molecular weight excluding hydrogens is 318 g/mol.